The van der Waals surface area contributed by atoms with E-state index in [1.54, 1.807) is 12.1 Å². The highest BCUT2D eigenvalue weighted by atomic mass is 16.3. The summed E-state index contributed by atoms with van der Waals surface area (Å²) in [5, 5.41) is 15.3. The van der Waals surface area contributed by atoms with Gasteiger partial charge in [-0.15, -0.1) is 0 Å². The Bertz CT molecular complexity index is 1920. The monoisotopic (exact) mass is 570 g/mol. The molecule has 0 saturated heterocycles. The van der Waals surface area contributed by atoms with E-state index in [9.17, 15) is 5.11 Å². The molecule has 0 aliphatic rings. The smallest absolute Gasteiger partial charge is 0.138 e. The van der Waals surface area contributed by atoms with E-state index in [0.29, 0.717) is 0 Å². The standard InChI is InChI=1S/C39H30N4O/c1-28-12-11-19-36(41-28)38-35(30-24-25-40-37(26-30)29-20-22-34(44)23-21-29)27-43(42-38)39(31-13-5-2-6-14-31,32-15-7-3-8-16-32)33-17-9-4-10-18-33/h2-27,44H,1H3. The molecule has 1 N–H and O–H groups in total. The Balaban J connectivity index is 1.54. The van der Waals surface area contributed by atoms with Gasteiger partial charge in [-0.1, -0.05) is 97.1 Å². The Kier molecular flexibility index (Phi) is 7.05. The summed E-state index contributed by atoms with van der Waals surface area (Å²) in [5.41, 5.74) is 8.63. The average Bonchev–Trinajstić information content (AvgIpc) is 3.53. The summed E-state index contributed by atoms with van der Waals surface area (Å²) in [5.74, 6) is 0.220. The predicted octanol–water partition coefficient (Wildman–Crippen LogP) is 8.53. The topological polar surface area (TPSA) is 63.8 Å². The van der Waals surface area contributed by atoms with Crippen molar-refractivity contribution >= 4 is 0 Å². The van der Waals surface area contributed by atoms with Crippen molar-refractivity contribution in [2.45, 2.75) is 12.5 Å². The summed E-state index contributed by atoms with van der Waals surface area (Å²) in [6.45, 7) is 2.00. The number of phenolic OH excluding ortho intramolecular Hbond substituents is 1. The molecule has 5 heteroatoms. The van der Waals surface area contributed by atoms with Gasteiger partial charge in [0, 0.05) is 29.2 Å². The highest BCUT2D eigenvalue weighted by Gasteiger charge is 2.40. The molecule has 0 spiro atoms. The first kappa shape index (κ1) is 27.0. The average molecular weight is 571 g/mol. The van der Waals surface area contributed by atoms with Crippen LogP contribution in [0.5, 0.6) is 5.75 Å². The van der Waals surface area contributed by atoms with Crippen molar-refractivity contribution in [2.24, 2.45) is 0 Å². The van der Waals surface area contributed by atoms with Crippen LogP contribution < -0.4 is 0 Å². The van der Waals surface area contributed by atoms with Crippen molar-refractivity contribution in [1.82, 2.24) is 19.7 Å². The summed E-state index contributed by atoms with van der Waals surface area (Å²) in [7, 11) is 0. The van der Waals surface area contributed by atoms with Crippen LogP contribution in [0.4, 0.5) is 0 Å². The number of rotatable bonds is 7. The molecule has 0 saturated carbocycles. The van der Waals surface area contributed by atoms with Crippen LogP contribution >= 0.6 is 0 Å². The maximum absolute atomic E-state index is 9.84. The largest absolute Gasteiger partial charge is 0.508 e. The van der Waals surface area contributed by atoms with Gasteiger partial charge in [-0.05, 0) is 77.7 Å². The minimum atomic E-state index is -0.770. The number of phenols is 1. The summed E-state index contributed by atoms with van der Waals surface area (Å²) in [4.78, 5) is 9.57. The van der Waals surface area contributed by atoms with E-state index in [4.69, 9.17) is 10.1 Å². The lowest BCUT2D eigenvalue weighted by molar-refractivity contribution is 0.461. The van der Waals surface area contributed by atoms with Gasteiger partial charge in [-0.3, -0.25) is 14.6 Å². The lowest BCUT2D eigenvalue weighted by atomic mass is 9.77. The van der Waals surface area contributed by atoms with Crippen molar-refractivity contribution in [3.63, 3.8) is 0 Å². The van der Waals surface area contributed by atoms with E-state index in [2.05, 4.69) is 94.7 Å². The molecule has 3 aromatic heterocycles. The molecule has 0 fully saturated rings. The fourth-order valence-corrected chi connectivity index (χ4v) is 5.94. The van der Waals surface area contributed by atoms with Gasteiger partial charge in [-0.2, -0.15) is 5.10 Å². The molecule has 0 aliphatic heterocycles. The van der Waals surface area contributed by atoms with Crippen molar-refractivity contribution in [2.75, 3.05) is 0 Å². The van der Waals surface area contributed by atoms with Crippen LogP contribution in [0.1, 0.15) is 22.4 Å². The van der Waals surface area contributed by atoms with Crippen molar-refractivity contribution in [1.29, 1.82) is 0 Å². The van der Waals surface area contributed by atoms with Gasteiger partial charge in [0.25, 0.3) is 0 Å². The van der Waals surface area contributed by atoms with Crippen LogP contribution in [0.25, 0.3) is 33.8 Å². The Morgan fingerprint density at radius 2 is 1.18 bits per heavy atom. The highest BCUT2D eigenvalue weighted by molar-refractivity contribution is 5.81. The van der Waals surface area contributed by atoms with E-state index in [1.165, 1.54) is 0 Å². The van der Waals surface area contributed by atoms with Gasteiger partial charge >= 0.3 is 0 Å². The molecule has 7 rings (SSSR count). The van der Waals surface area contributed by atoms with Crippen molar-refractivity contribution in [3.8, 4) is 39.5 Å². The summed E-state index contributed by atoms with van der Waals surface area (Å²) < 4.78 is 2.10. The third kappa shape index (κ3) is 4.84. The van der Waals surface area contributed by atoms with Crippen LogP contribution in [-0.2, 0) is 5.54 Å². The number of aromatic nitrogens is 4. The van der Waals surface area contributed by atoms with Crippen LogP contribution in [-0.4, -0.2) is 24.9 Å². The Hall–Kier alpha value is -5.81. The van der Waals surface area contributed by atoms with E-state index in [1.807, 2.05) is 67.7 Å². The zero-order valence-corrected chi connectivity index (χ0v) is 24.2. The molecule has 0 atom stereocenters. The second-order valence-corrected chi connectivity index (χ2v) is 10.8. The number of hydrogen-bond donors (Lipinski definition) is 1. The van der Waals surface area contributed by atoms with E-state index >= 15 is 0 Å². The highest BCUT2D eigenvalue weighted by Crippen LogP contribution is 2.43. The minimum absolute atomic E-state index is 0.220. The van der Waals surface area contributed by atoms with Gasteiger partial charge < -0.3 is 5.11 Å². The summed E-state index contributed by atoms with van der Waals surface area (Å²) in [6, 6.07) is 48.8. The van der Waals surface area contributed by atoms with Crippen molar-refractivity contribution < 1.29 is 5.11 Å². The third-order valence-corrected chi connectivity index (χ3v) is 8.00. The molecule has 0 unspecified atom stereocenters. The van der Waals surface area contributed by atoms with E-state index in [-0.39, 0.29) is 5.75 Å². The summed E-state index contributed by atoms with van der Waals surface area (Å²) >= 11 is 0. The molecule has 0 amide bonds. The number of nitrogens with zero attached hydrogens (tertiary/aromatic N) is 4. The second kappa shape index (κ2) is 11.5. The third-order valence-electron chi connectivity index (χ3n) is 8.00. The summed E-state index contributed by atoms with van der Waals surface area (Å²) in [6.07, 6.45) is 3.96. The lowest BCUT2D eigenvalue weighted by Crippen LogP contribution is -2.38. The number of pyridine rings is 2. The fraction of sp³-hybridized carbons (Fsp3) is 0.0513. The molecule has 0 aliphatic carbocycles. The molecule has 44 heavy (non-hydrogen) atoms. The number of benzene rings is 4. The predicted molar refractivity (Wildman–Crippen MR) is 175 cm³/mol. The van der Waals surface area contributed by atoms with Crippen molar-refractivity contribution in [3.05, 3.63) is 180 Å². The molecule has 5 nitrogen and oxygen atoms in total. The van der Waals surface area contributed by atoms with Crippen LogP contribution in [0.2, 0.25) is 0 Å². The lowest BCUT2D eigenvalue weighted by Gasteiger charge is -2.36. The molecule has 4 aromatic carbocycles. The molecule has 0 radical (unpaired) electrons. The van der Waals surface area contributed by atoms with Gasteiger partial charge in [0.2, 0.25) is 0 Å². The van der Waals surface area contributed by atoms with E-state index in [0.717, 1.165) is 56.2 Å². The zero-order valence-electron chi connectivity index (χ0n) is 24.2. The molecule has 7 aromatic rings. The molecular formula is C39H30N4O. The van der Waals surface area contributed by atoms with E-state index < -0.39 is 5.54 Å². The quantitative estimate of drug-likeness (QED) is 0.195. The first-order chi connectivity index (χ1) is 21.6. The SMILES string of the molecule is Cc1cccc(-c2nn(C(c3ccccc3)(c3ccccc3)c3ccccc3)cc2-c2ccnc(-c3ccc(O)cc3)c2)n1. The number of aryl methyl sites for hydroxylation is 1. The van der Waals surface area contributed by atoms with Crippen LogP contribution in [0, 0.1) is 6.92 Å². The number of hydrogen-bond acceptors (Lipinski definition) is 4. The Labute approximate surface area is 256 Å². The first-order valence-electron chi connectivity index (χ1n) is 14.6. The maximum Gasteiger partial charge on any atom is 0.138 e. The Morgan fingerprint density at radius 1 is 0.591 bits per heavy atom. The van der Waals surface area contributed by atoms with Crippen LogP contribution in [0.3, 0.4) is 0 Å². The first-order valence-corrected chi connectivity index (χ1v) is 14.6. The van der Waals surface area contributed by atoms with Gasteiger partial charge in [0.1, 0.15) is 17.0 Å². The molecule has 212 valence electrons. The van der Waals surface area contributed by atoms with Gasteiger partial charge in [0.15, 0.2) is 0 Å². The van der Waals surface area contributed by atoms with Crippen LogP contribution in [0.15, 0.2) is 158 Å². The molecule has 0 bridgehead atoms. The van der Waals surface area contributed by atoms with Gasteiger partial charge in [0.05, 0.1) is 11.4 Å². The zero-order chi connectivity index (χ0) is 29.9. The maximum atomic E-state index is 9.84. The number of aromatic hydroxyl groups is 1. The van der Waals surface area contributed by atoms with Gasteiger partial charge in [-0.25, -0.2) is 0 Å². The normalized spacial score (nSPS) is 11.4. The molecular weight excluding hydrogens is 540 g/mol. The fourth-order valence-electron chi connectivity index (χ4n) is 5.94. The minimum Gasteiger partial charge on any atom is -0.508 e. The second-order valence-electron chi connectivity index (χ2n) is 10.8. The Morgan fingerprint density at radius 3 is 1.75 bits per heavy atom. The molecule has 3 heterocycles.